The lowest BCUT2D eigenvalue weighted by Crippen LogP contribution is -2.13. The van der Waals surface area contributed by atoms with E-state index in [0.29, 0.717) is 5.69 Å². The number of carbonyl (C=O) groups excluding carboxylic acids is 1. The number of rotatable bonds is 3. The maximum Gasteiger partial charge on any atom is 0.229 e. The Balaban J connectivity index is 1.79. The number of nitrogens with zero attached hydrogens (tertiary/aromatic N) is 1. The molecule has 0 spiro atoms. The molecule has 0 bridgehead atoms. The first kappa shape index (κ1) is 11.5. The summed E-state index contributed by atoms with van der Waals surface area (Å²) in [5.41, 5.74) is 3.49. The van der Waals surface area contributed by atoms with Crippen LogP contribution in [0.5, 0.6) is 0 Å². The number of aromatic amines is 1. The zero-order chi connectivity index (χ0) is 13.2. The minimum Gasteiger partial charge on any atom is -0.464 e. The van der Waals surface area contributed by atoms with Gasteiger partial charge in [-0.1, -0.05) is 12.1 Å². The Morgan fingerprint density at radius 3 is 3.16 bits per heavy atom. The van der Waals surface area contributed by atoms with E-state index in [1.165, 1.54) is 0 Å². The van der Waals surface area contributed by atoms with Gasteiger partial charge in [-0.15, -0.1) is 0 Å². The number of furan rings is 1. The number of H-pyrrole nitrogens is 1. The maximum absolute atomic E-state index is 11.9. The Morgan fingerprint density at radius 1 is 1.47 bits per heavy atom. The molecule has 0 unspecified atom stereocenters. The summed E-state index contributed by atoms with van der Waals surface area (Å²) in [5, 5.41) is 10.2. The van der Waals surface area contributed by atoms with Gasteiger partial charge in [-0.2, -0.15) is 5.10 Å². The molecule has 0 aliphatic carbocycles. The summed E-state index contributed by atoms with van der Waals surface area (Å²) in [6.07, 6.45) is 5.11. The molecule has 2 heterocycles. The van der Waals surface area contributed by atoms with Crippen molar-refractivity contribution in [3.8, 4) is 0 Å². The van der Waals surface area contributed by atoms with Gasteiger partial charge in [-0.05, 0) is 18.6 Å². The van der Waals surface area contributed by atoms with Crippen LogP contribution in [0.15, 0.2) is 41.3 Å². The topological polar surface area (TPSA) is 70.9 Å². The van der Waals surface area contributed by atoms with E-state index in [2.05, 4.69) is 15.5 Å². The molecule has 0 saturated carbocycles. The number of hydrogen-bond donors (Lipinski definition) is 2. The summed E-state index contributed by atoms with van der Waals surface area (Å²) in [7, 11) is 0. The van der Waals surface area contributed by atoms with Gasteiger partial charge in [0.05, 0.1) is 24.6 Å². The molecule has 0 atom stereocenters. The summed E-state index contributed by atoms with van der Waals surface area (Å²) >= 11 is 0. The monoisotopic (exact) mass is 255 g/mol. The molecule has 0 fully saturated rings. The molecule has 5 heteroatoms. The van der Waals surface area contributed by atoms with Gasteiger partial charge in [0.2, 0.25) is 5.91 Å². The molecule has 3 aromatic rings. The van der Waals surface area contributed by atoms with E-state index in [9.17, 15) is 4.79 Å². The van der Waals surface area contributed by atoms with Crippen LogP contribution in [0.2, 0.25) is 0 Å². The third-order valence-electron chi connectivity index (χ3n) is 2.94. The summed E-state index contributed by atoms with van der Waals surface area (Å²) in [6.45, 7) is 2.01. The van der Waals surface area contributed by atoms with Crippen LogP contribution < -0.4 is 5.32 Å². The minimum atomic E-state index is -0.0929. The van der Waals surface area contributed by atoms with Gasteiger partial charge in [-0.3, -0.25) is 9.89 Å². The molecule has 1 amide bonds. The number of carbonyl (C=O) groups is 1. The highest BCUT2D eigenvalue weighted by Crippen LogP contribution is 2.22. The third kappa shape index (κ3) is 2.35. The quantitative estimate of drug-likeness (QED) is 0.755. The number of fused-ring (bicyclic) bond motifs is 1. The van der Waals surface area contributed by atoms with Crippen LogP contribution in [0.25, 0.3) is 11.0 Å². The van der Waals surface area contributed by atoms with Crippen molar-refractivity contribution in [3.05, 3.63) is 48.0 Å². The molecule has 3 rings (SSSR count). The Kier molecular flexibility index (Phi) is 2.79. The standard InChI is InChI=1S/C14H13N3O2/c1-9-2-3-12-10(8-19-13(12)4-9)5-14(18)17-11-6-15-16-7-11/h2-4,6-8H,5H2,1H3,(H,15,16)(H,17,18). The molecular formula is C14H13N3O2. The smallest absolute Gasteiger partial charge is 0.229 e. The molecule has 0 aliphatic rings. The number of aryl methyl sites for hydroxylation is 1. The van der Waals surface area contributed by atoms with E-state index < -0.39 is 0 Å². The molecule has 1 aromatic carbocycles. The van der Waals surface area contributed by atoms with Crippen LogP contribution in [0, 0.1) is 6.92 Å². The molecule has 0 radical (unpaired) electrons. The van der Waals surface area contributed by atoms with Crippen molar-refractivity contribution in [3.63, 3.8) is 0 Å². The Labute approximate surface area is 109 Å². The highest BCUT2D eigenvalue weighted by atomic mass is 16.3. The highest BCUT2D eigenvalue weighted by molar-refractivity contribution is 5.95. The van der Waals surface area contributed by atoms with Crippen molar-refractivity contribution in [2.24, 2.45) is 0 Å². The maximum atomic E-state index is 11.9. The van der Waals surface area contributed by atoms with Gasteiger partial charge in [-0.25, -0.2) is 0 Å². The van der Waals surface area contributed by atoms with Crippen molar-refractivity contribution >= 4 is 22.6 Å². The summed E-state index contributed by atoms with van der Waals surface area (Å²) in [6, 6.07) is 5.96. The van der Waals surface area contributed by atoms with E-state index in [1.807, 2.05) is 25.1 Å². The van der Waals surface area contributed by atoms with Crippen molar-refractivity contribution < 1.29 is 9.21 Å². The Bertz CT molecular complexity index is 713. The summed E-state index contributed by atoms with van der Waals surface area (Å²) in [4.78, 5) is 11.9. The zero-order valence-electron chi connectivity index (χ0n) is 10.4. The first-order valence-electron chi connectivity index (χ1n) is 5.98. The lowest BCUT2D eigenvalue weighted by molar-refractivity contribution is -0.115. The average molecular weight is 255 g/mol. The van der Waals surface area contributed by atoms with Gasteiger partial charge in [0, 0.05) is 17.1 Å². The molecule has 19 heavy (non-hydrogen) atoms. The summed E-state index contributed by atoms with van der Waals surface area (Å²) < 4.78 is 5.47. The molecule has 2 N–H and O–H groups in total. The van der Waals surface area contributed by atoms with E-state index in [1.54, 1.807) is 18.7 Å². The van der Waals surface area contributed by atoms with Crippen LogP contribution >= 0.6 is 0 Å². The largest absolute Gasteiger partial charge is 0.464 e. The van der Waals surface area contributed by atoms with Crippen molar-refractivity contribution in [2.45, 2.75) is 13.3 Å². The zero-order valence-corrected chi connectivity index (χ0v) is 10.4. The second-order valence-corrected chi connectivity index (χ2v) is 4.47. The van der Waals surface area contributed by atoms with Gasteiger partial charge in [0.1, 0.15) is 5.58 Å². The van der Waals surface area contributed by atoms with E-state index in [4.69, 9.17) is 4.42 Å². The van der Waals surface area contributed by atoms with Crippen molar-refractivity contribution in [2.75, 3.05) is 5.32 Å². The van der Waals surface area contributed by atoms with E-state index >= 15 is 0 Å². The van der Waals surface area contributed by atoms with Crippen LogP contribution in [0.4, 0.5) is 5.69 Å². The number of benzene rings is 1. The molecule has 96 valence electrons. The third-order valence-corrected chi connectivity index (χ3v) is 2.94. The van der Waals surface area contributed by atoms with Crippen molar-refractivity contribution in [1.82, 2.24) is 10.2 Å². The van der Waals surface area contributed by atoms with Crippen LogP contribution in [0.3, 0.4) is 0 Å². The number of aromatic nitrogens is 2. The fourth-order valence-corrected chi connectivity index (χ4v) is 2.02. The molecule has 0 saturated heterocycles. The van der Waals surface area contributed by atoms with Gasteiger partial charge in [0.25, 0.3) is 0 Å². The molecular weight excluding hydrogens is 242 g/mol. The fraction of sp³-hybridized carbons (Fsp3) is 0.143. The van der Waals surface area contributed by atoms with Gasteiger partial charge < -0.3 is 9.73 Å². The Morgan fingerprint density at radius 2 is 2.37 bits per heavy atom. The number of hydrogen-bond acceptors (Lipinski definition) is 3. The fourth-order valence-electron chi connectivity index (χ4n) is 2.02. The molecule has 5 nitrogen and oxygen atoms in total. The number of anilines is 1. The number of amides is 1. The lowest BCUT2D eigenvalue weighted by Gasteiger charge is -2.00. The first-order chi connectivity index (χ1) is 9.22. The van der Waals surface area contributed by atoms with E-state index in [-0.39, 0.29) is 12.3 Å². The second kappa shape index (κ2) is 4.61. The van der Waals surface area contributed by atoms with Gasteiger partial charge in [0.15, 0.2) is 0 Å². The van der Waals surface area contributed by atoms with Gasteiger partial charge >= 0.3 is 0 Å². The lowest BCUT2D eigenvalue weighted by atomic mass is 10.1. The normalized spacial score (nSPS) is 10.8. The van der Waals surface area contributed by atoms with Crippen LogP contribution in [-0.2, 0) is 11.2 Å². The predicted molar refractivity (Wildman–Crippen MR) is 71.9 cm³/mol. The van der Waals surface area contributed by atoms with Crippen molar-refractivity contribution in [1.29, 1.82) is 0 Å². The number of nitrogens with one attached hydrogen (secondary N) is 2. The molecule has 0 aliphatic heterocycles. The highest BCUT2D eigenvalue weighted by Gasteiger charge is 2.11. The minimum absolute atomic E-state index is 0.0929. The first-order valence-corrected chi connectivity index (χ1v) is 5.98. The average Bonchev–Trinajstić information content (AvgIpc) is 2.99. The van der Waals surface area contributed by atoms with Crippen LogP contribution in [0.1, 0.15) is 11.1 Å². The van der Waals surface area contributed by atoms with Crippen LogP contribution in [-0.4, -0.2) is 16.1 Å². The molecule has 2 aromatic heterocycles. The van der Waals surface area contributed by atoms with E-state index in [0.717, 1.165) is 22.1 Å². The SMILES string of the molecule is Cc1ccc2c(CC(=O)Nc3cn[nH]c3)coc2c1. The predicted octanol–water partition coefficient (Wildman–Crippen LogP) is 2.65. The second-order valence-electron chi connectivity index (χ2n) is 4.47. The Hall–Kier alpha value is -2.56. The summed E-state index contributed by atoms with van der Waals surface area (Å²) in [5.74, 6) is -0.0929.